The summed E-state index contributed by atoms with van der Waals surface area (Å²) in [7, 11) is 0. The highest BCUT2D eigenvalue weighted by atomic mass is 79.9. The van der Waals surface area contributed by atoms with Crippen molar-refractivity contribution >= 4 is 21.7 Å². The lowest BCUT2D eigenvalue weighted by atomic mass is 10.1. The summed E-state index contributed by atoms with van der Waals surface area (Å²) in [5.74, 6) is -4.63. The van der Waals surface area contributed by atoms with Gasteiger partial charge in [-0.1, -0.05) is 22.0 Å². The Morgan fingerprint density at radius 2 is 1.85 bits per heavy atom. The van der Waals surface area contributed by atoms with Gasteiger partial charge in [0.05, 0.1) is 5.56 Å². The van der Waals surface area contributed by atoms with Crippen molar-refractivity contribution in [2.24, 2.45) is 0 Å². The molecule has 0 saturated carbocycles. The van der Waals surface area contributed by atoms with E-state index in [0.29, 0.717) is 0 Å². The van der Waals surface area contributed by atoms with Gasteiger partial charge in [-0.2, -0.15) is 4.39 Å². The van der Waals surface area contributed by atoms with Crippen molar-refractivity contribution in [3.63, 3.8) is 0 Å². The van der Waals surface area contributed by atoms with Crippen LogP contribution in [0.5, 0.6) is 11.5 Å². The summed E-state index contributed by atoms with van der Waals surface area (Å²) in [5, 5.41) is 0. The molecule has 20 heavy (non-hydrogen) atoms. The molecule has 2 rings (SSSR count). The summed E-state index contributed by atoms with van der Waals surface area (Å²) >= 11 is 2.98. The lowest BCUT2D eigenvalue weighted by molar-refractivity contribution is 0.101. The summed E-state index contributed by atoms with van der Waals surface area (Å²) in [6.07, 6.45) is 0. The van der Waals surface area contributed by atoms with Crippen molar-refractivity contribution in [1.82, 2.24) is 0 Å². The Morgan fingerprint density at radius 3 is 2.50 bits per heavy atom. The van der Waals surface area contributed by atoms with E-state index in [2.05, 4.69) is 15.9 Å². The number of rotatable bonds is 3. The fourth-order valence-electron chi connectivity index (χ4n) is 1.61. The predicted molar refractivity (Wildman–Crippen MR) is 70.5 cm³/mol. The van der Waals surface area contributed by atoms with Crippen LogP contribution in [0.25, 0.3) is 0 Å². The minimum Gasteiger partial charge on any atom is -0.450 e. The van der Waals surface area contributed by atoms with Gasteiger partial charge >= 0.3 is 0 Å². The molecule has 0 heterocycles. The summed E-state index contributed by atoms with van der Waals surface area (Å²) in [5.41, 5.74) is -0.0511. The van der Waals surface area contributed by atoms with Crippen LogP contribution in [-0.2, 0) is 0 Å². The minimum absolute atomic E-state index is 0.0511. The molecule has 2 aromatic rings. The summed E-state index contributed by atoms with van der Waals surface area (Å²) in [4.78, 5) is 11.4. The molecule has 0 aliphatic carbocycles. The molecule has 104 valence electrons. The van der Waals surface area contributed by atoms with E-state index >= 15 is 0 Å². The van der Waals surface area contributed by atoms with E-state index in [1.807, 2.05) is 0 Å². The van der Waals surface area contributed by atoms with Gasteiger partial charge in [0.25, 0.3) is 0 Å². The molecule has 2 aromatic carbocycles. The number of ether oxygens (including phenoxy) is 1. The highest BCUT2D eigenvalue weighted by molar-refractivity contribution is 9.10. The van der Waals surface area contributed by atoms with Crippen molar-refractivity contribution in [3.8, 4) is 11.5 Å². The number of carbonyl (C=O) groups excluding carboxylic acids is 1. The van der Waals surface area contributed by atoms with Crippen LogP contribution in [0.2, 0.25) is 0 Å². The van der Waals surface area contributed by atoms with Gasteiger partial charge in [0, 0.05) is 4.47 Å². The van der Waals surface area contributed by atoms with E-state index in [1.165, 1.54) is 19.1 Å². The Bertz CT molecular complexity index is 686. The van der Waals surface area contributed by atoms with Gasteiger partial charge in [0.1, 0.15) is 0 Å². The first kappa shape index (κ1) is 14.6. The molecule has 0 atom stereocenters. The molecule has 0 aliphatic rings. The van der Waals surface area contributed by atoms with E-state index in [1.54, 1.807) is 0 Å². The van der Waals surface area contributed by atoms with E-state index in [-0.39, 0.29) is 10.0 Å². The van der Waals surface area contributed by atoms with Gasteiger partial charge < -0.3 is 4.74 Å². The molecule has 0 fully saturated rings. The molecule has 0 N–H and O–H groups in total. The smallest absolute Gasteiger partial charge is 0.201 e. The first-order valence-electron chi connectivity index (χ1n) is 5.52. The van der Waals surface area contributed by atoms with Crippen molar-refractivity contribution in [1.29, 1.82) is 0 Å². The zero-order valence-electron chi connectivity index (χ0n) is 10.2. The van der Waals surface area contributed by atoms with Gasteiger partial charge in [0.15, 0.2) is 28.9 Å². The van der Waals surface area contributed by atoms with E-state index in [9.17, 15) is 18.0 Å². The second-order valence-corrected chi connectivity index (χ2v) is 4.89. The standard InChI is InChI=1S/C14H8BrF3O2/c1-7(19)9-3-2-4-10(16)14(9)20-12-6-8(15)5-11(17)13(12)18/h2-6H,1H3. The van der Waals surface area contributed by atoms with Crippen LogP contribution in [0.1, 0.15) is 17.3 Å². The first-order chi connectivity index (χ1) is 9.40. The molecule has 0 aromatic heterocycles. The molecular formula is C14H8BrF3O2. The third kappa shape index (κ3) is 2.85. The Morgan fingerprint density at radius 1 is 1.15 bits per heavy atom. The predicted octanol–water partition coefficient (Wildman–Crippen LogP) is 4.86. The third-order valence-electron chi connectivity index (χ3n) is 2.52. The average molecular weight is 345 g/mol. The van der Waals surface area contributed by atoms with Crippen LogP contribution < -0.4 is 4.74 Å². The third-order valence-corrected chi connectivity index (χ3v) is 2.98. The lowest BCUT2D eigenvalue weighted by Gasteiger charge is -2.11. The number of para-hydroxylation sites is 1. The number of benzene rings is 2. The molecule has 0 aliphatic heterocycles. The zero-order valence-corrected chi connectivity index (χ0v) is 11.8. The monoisotopic (exact) mass is 344 g/mol. The van der Waals surface area contributed by atoms with Crippen LogP contribution in [-0.4, -0.2) is 5.78 Å². The number of ketones is 1. The maximum Gasteiger partial charge on any atom is 0.201 e. The Hall–Kier alpha value is -1.82. The molecule has 2 nitrogen and oxygen atoms in total. The highest BCUT2D eigenvalue weighted by Gasteiger charge is 2.18. The molecular weight excluding hydrogens is 337 g/mol. The SMILES string of the molecule is CC(=O)c1cccc(F)c1Oc1cc(Br)cc(F)c1F. The minimum atomic E-state index is -1.26. The number of hydrogen-bond donors (Lipinski definition) is 0. The van der Waals surface area contributed by atoms with Gasteiger partial charge in [0.2, 0.25) is 5.82 Å². The highest BCUT2D eigenvalue weighted by Crippen LogP contribution is 2.33. The van der Waals surface area contributed by atoms with Crippen LogP contribution in [0.3, 0.4) is 0 Å². The second kappa shape index (κ2) is 5.66. The Kier molecular flexibility index (Phi) is 4.13. The van der Waals surface area contributed by atoms with E-state index in [4.69, 9.17) is 4.74 Å². The quantitative estimate of drug-likeness (QED) is 0.587. The van der Waals surface area contributed by atoms with Crippen LogP contribution in [0.15, 0.2) is 34.8 Å². The number of halogens is 4. The molecule has 0 saturated heterocycles. The first-order valence-corrected chi connectivity index (χ1v) is 6.31. The molecule has 0 radical (unpaired) electrons. The van der Waals surface area contributed by atoms with E-state index < -0.39 is 34.7 Å². The molecule has 0 unspecified atom stereocenters. The van der Waals surface area contributed by atoms with Crippen LogP contribution >= 0.6 is 15.9 Å². The summed E-state index contributed by atoms with van der Waals surface area (Å²) in [6, 6.07) is 5.79. The maximum absolute atomic E-state index is 13.7. The van der Waals surface area contributed by atoms with Gasteiger partial charge in [-0.05, 0) is 31.2 Å². The van der Waals surface area contributed by atoms with Crippen molar-refractivity contribution < 1.29 is 22.7 Å². The van der Waals surface area contributed by atoms with Crippen LogP contribution in [0, 0.1) is 17.5 Å². The fraction of sp³-hybridized carbons (Fsp3) is 0.0714. The number of hydrogen-bond acceptors (Lipinski definition) is 2. The van der Waals surface area contributed by atoms with Gasteiger partial charge in [-0.25, -0.2) is 8.78 Å². The molecule has 0 amide bonds. The van der Waals surface area contributed by atoms with E-state index in [0.717, 1.165) is 18.2 Å². The molecule has 0 bridgehead atoms. The van der Waals surface area contributed by atoms with Gasteiger partial charge in [-0.15, -0.1) is 0 Å². The normalized spacial score (nSPS) is 10.4. The maximum atomic E-state index is 13.7. The van der Waals surface area contributed by atoms with Crippen molar-refractivity contribution in [3.05, 3.63) is 57.8 Å². The average Bonchev–Trinajstić information content (AvgIpc) is 2.37. The van der Waals surface area contributed by atoms with Crippen molar-refractivity contribution in [2.45, 2.75) is 6.92 Å². The number of Topliss-reactive ketones (excluding diaryl/α,β-unsaturated/α-hetero) is 1. The summed E-state index contributed by atoms with van der Waals surface area (Å²) < 4.78 is 45.9. The largest absolute Gasteiger partial charge is 0.450 e. The topological polar surface area (TPSA) is 26.3 Å². The van der Waals surface area contributed by atoms with Gasteiger partial charge in [-0.3, -0.25) is 4.79 Å². The van der Waals surface area contributed by atoms with Crippen molar-refractivity contribution in [2.75, 3.05) is 0 Å². The molecule has 0 spiro atoms. The molecule has 6 heteroatoms. The lowest BCUT2D eigenvalue weighted by Crippen LogP contribution is -2.01. The van der Waals surface area contributed by atoms with Crippen LogP contribution in [0.4, 0.5) is 13.2 Å². The summed E-state index contributed by atoms with van der Waals surface area (Å²) in [6.45, 7) is 1.22. The zero-order chi connectivity index (χ0) is 14.9. The number of carbonyl (C=O) groups is 1. The Labute approximate surface area is 121 Å². The fourth-order valence-corrected chi connectivity index (χ4v) is 2.02. The second-order valence-electron chi connectivity index (χ2n) is 3.97. The Balaban J connectivity index is 2.53.